The Morgan fingerprint density at radius 2 is 2.17 bits per heavy atom. The average molecular weight is 316 g/mol. The van der Waals surface area contributed by atoms with Gasteiger partial charge in [0, 0.05) is 35.7 Å². The predicted octanol–water partition coefficient (Wildman–Crippen LogP) is 2.40. The van der Waals surface area contributed by atoms with Crippen LogP contribution in [0, 0.1) is 10.1 Å². The summed E-state index contributed by atoms with van der Waals surface area (Å²) in [5.74, 6) is 0. The zero-order valence-corrected chi connectivity index (χ0v) is 12.4. The zero-order valence-electron chi connectivity index (χ0n) is 10.8. The number of rotatable bonds is 6. The first-order valence-electron chi connectivity index (χ1n) is 5.71. The molecule has 6 heteroatoms. The van der Waals surface area contributed by atoms with Gasteiger partial charge < -0.3 is 10.2 Å². The quantitative estimate of drug-likeness (QED) is 0.647. The van der Waals surface area contributed by atoms with Crippen molar-refractivity contribution in [2.75, 3.05) is 20.6 Å². The van der Waals surface area contributed by atoms with Crippen molar-refractivity contribution in [2.24, 2.45) is 0 Å². The smallest absolute Gasteiger partial charge is 0.270 e. The van der Waals surface area contributed by atoms with E-state index in [1.165, 1.54) is 12.1 Å². The lowest BCUT2D eigenvalue weighted by Gasteiger charge is -2.20. The van der Waals surface area contributed by atoms with E-state index in [1.54, 1.807) is 6.07 Å². The van der Waals surface area contributed by atoms with Crippen molar-refractivity contribution >= 4 is 21.6 Å². The lowest BCUT2D eigenvalue weighted by atomic mass is 10.2. The number of nitrogens with one attached hydrogen (secondary N) is 1. The third-order valence-corrected chi connectivity index (χ3v) is 3.62. The van der Waals surface area contributed by atoms with Crippen molar-refractivity contribution in [1.29, 1.82) is 0 Å². The van der Waals surface area contributed by atoms with Crippen LogP contribution in [0.25, 0.3) is 0 Å². The predicted molar refractivity (Wildman–Crippen MR) is 75.7 cm³/mol. The second-order valence-electron chi connectivity index (χ2n) is 4.48. The van der Waals surface area contributed by atoms with Crippen LogP contribution in [0.3, 0.4) is 0 Å². The molecule has 1 N–H and O–H groups in total. The maximum atomic E-state index is 10.6. The summed E-state index contributed by atoms with van der Waals surface area (Å²) in [5, 5.41) is 13.9. The first-order valence-corrected chi connectivity index (χ1v) is 6.51. The van der Waals surface area contributed by atoms with E-state index in [1.807, 2.05) is 14.1 Å². The maximum Gasteiger partial charge on any atom is 0.270 e. The number of likely N-dealkylation sites (N-methyl/N-ethyl adjacent to an activating group) is 1. The largest absolute Gasteiger partial charge is 0.311 e. The van der Waals surface area contributed by atoms with Gasteiger partial charge in [-0.2, -0.15) is 0 Å². The van der Waals surface area contributed by atoms with Crippen molar-refractivity contribution < 1.29 is 4.92 Å². The summed E-state index contributed by atoms with van der Waals surface area (Å²) >= 11 is 3.36. The number of nitrogens with zero attached hydrogens (tertiary/aromatic N) is 2. The number of nitro groups is 1. The molecule has 1 unspecified atom stereocenters. The Balaban J connectivity index is 2.56. The number of halogens is 1. The van der Waals surface area contributed by atoms with Gasteiger partial charge in [0.15, 0.2) is 0 Å². The molecule has 1 rings (SSSR count). The normalized spacial score (nSPS) is 12.7. The van der Waals surface area contributed by atoms with E-state index in [0.29, 0.717) is 12.6 Å². The van der Waals surface area contributed by atoms with Crippen molar-refractivity contribution in [3.8, 4) is 0 Å². The molecule has 0 fully saturated rings. The molecule has 18 heavy (non-hydrogen) atoms. The Labute approximate surface area is 115 Å². The number of hydrogen-bond acceptors (Lipinski definition) is 4. The summed E-state index contributed by atoms with van der Waals surface area (Å²) in [6.45, 7) is 3.70. The molecule has 1 aromatic rings. The Morgan fingerprint density at radius 3 is 2.67 bits per heavy atom. The monoisotopic (exact) mass is 315 g/mol. The fourth-order valence-corrected chi connectivity index (χ4v) is 1.90. The molecule has 0 saturated carbocycles. The third kappa shape index (κ3) is 4.36. The Morgan fingerprint density at radius 1 is 1.50 bits per heavy atom. The molecular formula is C12H18BrN3O2. The molecule has 5 nitrogen and oxygen atoms in total. The van der Waals surface area contributed by atoms with Gasteiger partial charge in [0.25, 0.3) is 5.69 Å². The van der Waals surface area contributed by atoms with Crippen LogP contribution < -0.4 is 5.32 Å². The fourth-order valence-electron chi connectivity index (χ4n) is 1.39. The Hall–Kier alpha value is -0.980. The molecule has 0 radical (unpaired) electrons. The number of benzene rings is 1. The second kappa shape index (κ2) is 6.82. The van der Waals surface area contributed by atoms with Crippen molar-refractivity contribution in [3.05, 3.63) is 38.3 Å². The van der Waals surface area contributed by atoms with E-state index in [9.17, 15) is 10.1 Å². The van der Waals surface area contributed by atoms with Crippen molar-refractivity contribution in [2.45, 2.75) is 19.5 Å². The third-order valence-electron chi connectivity index (χ3n) is 2.88. The second-order valence-corrected chi connectivity index (χ2v) is 5.33. The first-order chi connectivity index (χ1) is 8.41. The van der Waals surface area contributed by atoms with Crippen LogP contribution in [0.4, 0.5) is 5.69 Å². The molecule has 0 bridgehead atoms. The highest BCUT2D eigenvalue weighted by Crippen LogP contribution is 2.22. The van der Waals surface area contributed by atoms with E-state index < -0.39 is 4.92 Å². The summed E-state index contributed by atoms with van der Waals surface area (Å²) in [5.41, 5.74) is 1.12. The molecule has 0 aromatic heterocycles. The van der Waals surface area contributed by atoms with E-state index in [2.05, 4.69) is 33.1 Å². The van der Waals surface area contributed by atoms with Gasteiger partial charge in [-0.25, -0.2) is 0 Å². The van der Waals surface area contributed by atoms with Gasteiger partial charge in [-0.15, -0.1) is 0 Å². The molecule has 0 aliphatic carbocycles. The molecule has 1 atom stereocenters. The van der Waals surface area contributed by atoms with Gasteiger partial charge in [0.2, 0.25) is 0 Å². The van der Waals surface area contributed by atoms with E-state index in [0.717, 1.165) is 16.6 Å². The SMILES string of the molecule is CC(CNCc1ccc([N+](=O)[O-])cc1Br)N(C)C. The highest BCUT2D eigenvalue weighted by molar-refractivity contribution is 9.10. The molecule has 0 spiro atoms. The van der Waals surface area contributed by atoms with Crippen LogP contribution in [0.15, 0.2) is 22.7 Å². The van der Waals surface area contributed by atoms with Crippen LogP contribution in [-0.4, -0.2) is 36.5 Å². The highest BCUT2D eigenvalue weighted by atomic mass is 79.9. The van der Waals surface area contributed by atoms with Crippen molar-refractivity contribution in [1.82, 2.24) is 10.2 Å². The van der Waals surface area contributed by atoms with Crippen molar-refractivity contribution in [3.63, 3.8) is 0 Å². The highest BCUT2D eigenvalue weighted by Gasteiger charge is 2.09. The van der Waals surface area contributed by atoms with Gasteiger partial charge in [0.05, 0.1) is 4.92 Å². The fraction of sp³-hybridized carbons (Fsp3) is 0.500. The summed E-state index contributed by atoms with van der Waals surface area (Å²) in [6.07, 6.45) is 0. The van der Waals surface area contributed by atoms with E-state index >= 15 is 0 Å². The summed E-state index contributed by atoms with van der Waals surface area (Å²) < 4.78 is 0.765. The average Bonchev–Trinajstić information content (AvgIpc) is 2.30. The van der Waals surface area contributed by atoms with Gasteiger partial charge in [0.1, 0.15) is 0 Å². The minimum absolute atomic E-state index is 0.104. The van der Waals surface area contributed by atoms with Crippen LogP contribution >= 0.6 is 15.9 Å². The molecule has 0 heterocycles. The first kappa shape index (κ1) is 15.1. The van der Waals surface area contributed by atoms with Gasteiger partial charge in [-0.1, -0.05) is 15.9 Å². The Kier molecular flexibility index (Phi) is 5.71. The van der Waals surface area contributed by atoms with Crippen LogP contribution in [0.1, 0.15) is 12.5 Å². The maximum absolute atomic E-state index is 10.6. The molecule has 1 aromatic carbocycles. The molecular weight excluding hydrogens is 298 g/mol. The summed E-state index contributed by atoms with van der Waals surface area (Å²) in [4.78, 5) is 12.4. The molecule has 0 aliphatic heterocycles. The number of nitro benzene ring substituents is 1. The minimum atomic E-state index is -0.393. The molecule has 100 valence electrons. The summed E-state index contributed by atoms with van der Waals surface area (Å²) in [6, 6.07) is 5.28. The zero-order chi connectivity index (χ0) is 13.7. The number of hydrogen-bond donors (Lipinski definition) is 1. The van der Waals surface area contributed by atoms with Gasteiger partial charge >= 0.3 is 0 Å². The van der Waals surface area contributed by atoms with E-state index in [-0.39, 0.29) is 5.69 Å². The van der Waals surface area contributed by atoms with Crippen LogP contribution in [0.5, 0.6) is 0 Å². The molecule has 0 aliphatic rings. The number of non-ortho nitro benzene ring substituents is 1. The Bertz CT molecular complexity index is 424. The van der Waals surface area contributed by atoms with Gasteiger partial charge in [-0.3, -0.25) is 10.1 Å². The van der Waals surface area contributed by atoms with E-state index in [4.69, 9.17) is 0 Å². The lowest BCUT2D eigenvalue weighted by Crippen LogP contribution is -2.35. The minimum Gasteiger partial charge on any atom is -0.311 e. The lowest BCUT2D eigenvalue weighted by molar-refractivity contribution is -0.384. The standard InChI is InChI=1S/C12H18BrN3O2/c1-9(15(2)3)7-14-8-10-4-5-11(16(17)18)6-12(10)13/h4-6,9,14H,7-8H2,1-3H3. The van der Waals surface area contributed by atoms with Crippen LogP contribution in [-0.2, 0) is 6.54 Å². The van der Waals surface area contributed by atoms with Gasteiger partial charge in [-0.05, 0) is 32.6 Å². The molecule has 0 amide bonds. The van der Waals surface area contributed by atoms with Crippen LogP contribution in [0.2, 0.25) is 0 Å². The summed E-state index contributed by atoms with van der Waals surface area (Å²) in [7, 11) is 4.07. The molecule has 0 saturated heterocycles. The topological polar surface area (TPSA) is 58.4 Å².